The van der Waals surface area contributed by atoms with Crippen molar-refractivity contribution in [3.8, 4) is 5.75 Å². The van der Waals surface area contributed by atoms with Crippen LogP contribution in [0.2, 0.25) is 5.02 Å². The zero-order chi connectivity index (χ0) is 11.5. The van der Waals surface area contributed by atoms with E-state index in [9.17, 15) is 5.11 Å². The lowest BCUT2D eigenvalue weighted by molar-refractivity contribution is 0.224. The second-order valence-corrected chi connectivity index (χ2v) is 4.72. The van der Waals surface area contributed by atoms with Crippen molar-refractivity contribution in [3.05, 3.63) is 51.2 Å². The Hall–Kier alpha value is -1.03. The van der Waals surface area contributed by atoms with Gasteiger partial charge in [0, 0.05) is 15.3 Å². The summed E-state index contributed by atoms with van der Waals surface area (Å²) in [5, 5.41) is 12.6. The van der Waals surface area contributed by atoms with E-state index in [1.807, 2.05) is 23.6 Å². The summed E-state index contributed by atoms with van der Waals surface area (Å²) in [6, 6.07) is 9.01. The van der Waals surface area contributed by atoms with Gasteiger partial charge in [0.25, 0.3) is 0 Å². The van der Waals surface area contributed by atoms with Crippen LogP contribution in [0.5, 0.6) is 5.75 Å². The number of thiophene rings is 1. The minimum atomic E-state index is -0.619. The molecule has 0 saturated heterocycles. The molecule has 0 fully saturated rings. The van der Waals surface area contributed by atoms with E-state index in [1.165, 1.54) is 11.3 Å². The number of benzene rings is 1. The summed E-state index contributed by atoms with van der Waals surface area (Å²) >= 11 is 7.26. The van der Waals surface area contributed by atoms with Gasteiger partial charge in [0.2, 0.25) is 0 Å². The van der Waals surface area contributed by atoms with Crippen LogP contribution in [0.1, 0.15) is 16.5 Å². The summed E-state index contributed by atoms with van der Waals surface area (Å²) in [4.78, 5) is 0.860. The fraction of sp³-hybridized carbons (Fsp3) is 0.167. The Balaban J connectivity index is 2.24. The average Bonchev–Trinajstić information content (AvgIpc) is 2.77. The van der Waals surface area contributed by atoms with Crippen LogP contribution < -0.4 is 4.74 Å². The number of rotatable bonds is 3. The molecule has 2 nitrogen and oxygen atoms in total. The van der Waals surface area contributed by atoms with E-state index in [1.54, 1.807) is 19.2 Å². The van der Waals surface area contributed by atoms with Gasteiger partial charge in [0.1, 0.15) is 11.9 Å². The molecule has 0 radical (unpaired) electrons. The Bertz CT molecular complexity index is 464. The number of methoxy groups -OCH3 is 1. The first-order valence-electron chi connectivity index (χ1n) is 4.76. The SMILES string of the molecule is COc1csc(C(O)c2ccc(Cl)cc2)c1. The largest absolute Gasteiger partial charge is 0.496 e. The van der Waals surface area contributed by atoms with Gasteiger partial charge in [-0.05, 0) is 23.8 Å². The van der Waals surface area contributed by atoms with Crippen molar-refractivity contribution in [2.75, 3.05) is 7.11 Å². The first-order valence-corrected chi connectivity index (χ1v) is 6.02. The molecular formula is C12H11ClO2S. The molecule has 0 amide bonds. The molecule has 1 aromatic carbocycles. The minimum absolute atomic E-state index is 0.619. The second-order valence-electron chi connectivity index (χ2n) is 3.34. The number of ether oxygens (including phenoxy) is 1. The highest BCUT2D eigenvalue weighted by atomic mass is 35.5. The fourth-order valence-electron chi connectivity index (χ4n) is 1.39. The van der Waals surface area contributed by atoms with Crippen LogP contribution in [0.4, 0.5) is 0 Å². The van der Waals surface area contributed by atoms with Crippen molar-refractivity contribution in [2.24, 2.45) is 0 Å². The predicted molar refractivity (Wildman–Crippen MR) is 66.4 cm³/mol. The summed E-state index contributed by atoms with van der Waals surface area (Å²) in [6.07, 6.45) is -0.619. The van der Waals surface area contributed by atoms with Gasteiger partial charge in [-0.25, -0.2) is 0 Å². The first-order chi connectivity index (χ1) is 7.70. The molecule has 1 heterocycles. The van der Waals surface area contributed by atoms with E-state index in [0.29, 0.717) is 5.02 Å². The quantitative estimate of drug-likeness (QED) is 0.909. The minimum Gasteiger partial charge on any atom is -0.496 e. The summed E-state index contributed by atoms with van der Waals surface area (Å²) in [5.41, 5.74) is 0.828. The van der Waals surface area contributed by atoms with Crippen molar-refractivity contribution in [1.82, 2.24) is 0 Å². The average molecular weight is 255 g/mol. The Morgan fingerprint density at radius 3 is 2.56 bits per heavy atom. The summed E-state index contributed by atoms with van der Waals surface area (Å²) in [6.45, 7) is 0. The smallest absolute Gasteiger partial charge is 0.129 e. The molecule has 2 rings (SSSR count). The van der Waals surface area contributed by atoms with Crippen LogP contribution in [0, 0.1) is 0 Å². The van der Waals surface area contributed by atoms with Crippen molar-refractivity contribution in [2.45, 2.75) is 6.10 Å². The van der Waals surface area contributed by atoms with Gasteiger partial charge in [-0.15, -0.1) is 11.3 Å². The lowest BCUT2D eigenvalue weighted by Crippen LogP contribution is -1.96. The molecule has 1 unspecified atom stereocenters. The van der Waals surface area contributed by atoms with Crippen LogP contribution in [0.3, 0.4) is 0 Å². The molecule has 0 saturated carbocycles. The van der Waals surface area contributed by atoms with E-state index in [0.717, 1.165) is 16.2 Å². The van der Waals surface area contributed by atoms with Crippen LogP contribution >= 0.6 is 22.9 Å². The fourth-order valence-corrected chi connectivity index (χ4v) is 2.39. The van der Waals surface area contributed by atoms with Gasteiger partial charge in [-0.2, -0.15) is 0 Å². The van der Waals surface area contributed by atoms with Crippen LogP contribution in [-0.2, 0) is 0 Å². The normalized spacial score (nSPS) is 12.4. The maximum Gasteiger partial charge on any atom is 0.129 e. The van der Waals surface area contributed by atoms with Gasteiger partial charge >= 0.3 is 0 Å². The Morgan fingerprint density at radius 2 is 2.00 bits per heavy atom. The highest BCUT2D eigenvalue weighted by molar-refractivity contribution is 7.10. The third-order valence-corrected chi connectivity index (χ3v) is 3.50. The zero-order valence-corrected chi connectivity index (χ0v) is 10.3. The van der Waals surface area contributed by atoms with Gasteiger partial charge in [0.15, 0.2) is 0 Å². The van der Waals surface area contributed by atoms with Gasteiger partial charge in [-0.1, -0.05) is 23.7 Å². The van der Waals surface area contributed by atoms with E-state index in [2.05, 4.69) is 0 Å². The zero-order valence-electron chi connectivity index (χ0n) is 8.68. The summed E-state index contributed by atoms with van der Waals surface area (Å²) in [5.74, 6) is 0.771. The molecular weight excluding hydrogens is 244 g/mol. The highest BCUT2D eigenvalue weighted by Crippen LogP contribution is 2.31. The van der Waals surface area contributed by atoms with E-state index >= 15 is 0 Å². The van der Waals surface area contributed by atoms with Crippen molar-refractivity contribution in [1.29, 1.82) is 0 Å². The second kappa shape index (κ2) is 4.87. The number of aliphatic hydroxyl groups is 1. The molecule has 16 heavy (non-hydrogen) atoms. The first kappa shape index (κ1) is 11.5. The van der Waals surface area contributed by atoms with Gasteiger partial charge in [-0.3, -0.25) is 0 Å². The Labute approximate surface area is 103 Å². The van der Waals surface area contributed by atoms with E-state index in [-0.39, 0.29) is 0 Å². The molecule has 0 spiro atoms. The monoisotopic (exact) mass is 254 g/mol. The molecule has 4 heteroatoms. The van der Waals surface area contributed by atoms with Gasteiger partial charge < -0.3 is 9.84 Å². The number of halogens is 1. The molecule has 0 aliphatic heterocycles. The molecule has 1 atom stereocenters. The van der Waals surface area contributed by atoms with Crippen LogP contribution in [-0.4, -0.2) is 12.2 Å². The Morgan fingerprint density at radius 1 is 1.31 bits per heavy atom. The molecule has 1 N–H and O–H groups in total. The highest BCUT2D eigenvalue weighted by Gasteiger charge is 2.12. The molecule has 84 valence electrons. The standard InChI is InChI=1S/C12H11ClO2S/c1-15-10-6-11(16-7-10)12(14)8-2-4-9(13)5-3-8/h2-7,12,14H,1H3. The molecule has 0 bridgehead atoms. The lowest BCUT2D eigenvalue weighted by Gasteiger charge is -2.08. The Kier molecular flexibility index (Phi) is 3.49. The topological polar surface area (TPSA) is 29.5 Å². The van der Waals surface area contributed by atoms with Crippen molar-refractivity contribution in [3.63, 3.8) is 0 Å². The molecule has 1 aromatic heterocycles. The number of hydrogen-bond donors (Lipinski definition) is 1. The van der Waals surface area contributed by atoms with Gasteiger partial charge in [0.05, 0.1) is 7.11 Å². The lowest BCUT2D eigenvalue weighted by atomic mass is 10.1. The molecule has 2 aromatic rings. The van der Waals surface area contributed by atoms with Crippen molar-refractivity contribution < 1.29 is 9.84 Å². The third-order valence-electron chi connectivity index (χ3n) is 2.29. The van der Waals surface area contributed by atoms with Crippen molar-refractivity contribution >= 4 is 22.9 Å². The third kappa shape index (κ3) is 2.38. The maximum absolute atomic E-state index is 10.1. The van der Waals surface area contributed by atoms with E-state index < -0.39 is 6.10 Å². The van der Waals surface area contributed by atoms with Crippen LogP contribution in [0.15, 0.2) is 35.7 Å². The maximum atomic E-state index is 10.1. The molecule has 0 aliphatic rings. The summed E-state index contributed by atoms with van der Waals surface area (Å²) in [7, 11) is 1.61. The van der Waals surface area contributed by atoms with Crippen LogP contribution in [0.25, 0.3) is 0 Å². The predicted octanol–water partition coefficient (Wildman–Crippen LogP) is 3.49. The summed E-state index contributed by atoms with van der Waals surface area (Å²) < 4.78 is 5.08. The number of aliphatic hydroxyl groups excluding tert-OH is 1. The van der Waals surface area contributed by atoms with E-state index in [4.69, 9.17) is 16.3 Å². The number of hydrogen-bond acceptors (Lipinski definition) is 3. The molecule has 0 aliphatic carbocycles.